The molecule has 0 amide bonds. The SMILES string of the molecule is NCCSCCCc1c2cccc(F)c2n2oc(=O)c(=O)oc12. The van der Waals surface area contributed by atoms with Crippen molar-refractivity contribution in [3.63, 3.8) is 0 Å². The van der Waals surface area contributed by atoms with Gasteiger partial charge < -0.3 is 14.7 Å². The molecule has 23 heavy (non-hydrogen) atoms. The molecule has 122 valence electrons. The van der Waals surface area contributed by atoms with E-state index in [1.165, 1.54) is 6.07 Å². The largest absolute Gasteiger partial charge is 0.442 e. The number of hydrogen-bond acceptors (Lipinski definition) is 6. The van der Waals surface area contributed by atoms with Crippen LogP contribution in [-0.2, 0) is 6.42 Å². The van der Waals surface area contributed by atoms with Gasteiger partial charge in [-0.3, -0.25) is 0 Å². The summed E-state index contributed by atoms with van der Waals surface area (Å²) in [5, 5.41) is 0.575. The second kappa shape index (κ2) is 6.59. The highest BCUT2D eigenvalue weighted by Gasteiger charge is 2.19. The molecule has 0 saturated heterocycles. The quantitative estimate of drug-likeness (QED) is 0.544. The lowest BCUT2D eigenvalue weighted by molar-refractivity contribution is 0.284. The Labute approximate surface area is 134 Å². The highest BCUT2D eigenvalue weighted by Crippen LogP contribution is 2.28. The van der Waals surface area contributed by atoms with Crippen LogP contribution < -0.4 is 17.0 Å². The molecule has 0 atom stereocenters. The van der Waals surface area contributed by atoms with Gasteiger partial charge in [0, 0.05) is 23.2 Å². The zero-order chi connectivity index (χ0) is 16.4. The molecule has 0 spiro atoms. The van der Waals surface area contributed by atoms with E-state index in [0.29, 0.717) is 23.9 Å². The standard InChI is InChI=1S/C15H15FN2O4S/c16-11-5-1-3-9-10(4-2-7-23-8-6-17)13-18(12(9)11)22-15(20)14(19)21-13/h1,3,5H,2,4,6-8,17H2. The molecule has 0 saturated carbocycles. The number of benzene rings is 1. The fourth-order valence-corrected chi connectivity index (χ4v) is 3.24. The summed E-state index contributed by atoms with van der Waals surface area (Å²) in [6.45, 7) is 0.619. The number of aromatic nitrogens is 1. The number of fused-ring (bicyclic) bond motifs is 3. The molecule has 2 N–H and O–H groups in total. The van der Waals surface area contributed by atoms with Gasteiger partial charge >= 0.3 is 11.3 Å². The van der Waals surface area contributed by atoms with E-state index in [2.05, 4.69) is 0 Å². The van der Waals surface area contributed by atoms with E-state index in [1.807, 2.05) is 0 Å². The van der Waals surface area contributed by atoms with E-state index in [4.69, 9.17) is 14.7 Å². The lowest BCUT2D eigenvalue weighted by Crippen LogP contribution is -2.23. The van der Waals surface area contributed by atoms with E-state index in [9.17, 15) is 14.0 Å². The first kappa shape index (κ1) is 15.8. The predicted molar refractivity (Wildman–Crippen MR) is 86.6 cm³/mol. The van der Waals surface area contributed by atoms with Gasteiger partial charge in [0.1, 0.15) is 5.52 Å². The van der Waals surface area contributed by atoms with Crippen molar-refractivity contribution in [1.82, 2.24) is 4.57 Å². The number of hydrogen-bond donors (Lipinski definition) is 1. The predicted octanol–water partition coefficient (Wildman–Crippen LogP) is 1.76. The third-order valence-electron chi connectivity index (χ3n) is 3.47. The van der Waals surface area contributed by atoms with Crippen LogP contribution in [0.2, 0.25) is 0 Å². The zero-order valence-electron chi connectivity index (χ0n) is 12.2. The Morgan fingerprint density at radius 2 is 2.04 bits per heavy atom. The van der Waals surface area contributed by atoms with Crippen LogP contribution in [0.15, 0.2) is 36.7 Å². The van der Waals surface area contributed by atoms with Gasteiger partial charge in [0.25, 0.3) is 0 Å². The average molecular weight is 338 g/mol. The Balaban J connectivity index is 2.10. The number of halogens is 1. The van der Waals surface area contributed by atoms with Gasteiger partial charge in [0.05, 0.1) is 0 Å². The van der Waals surface area contributed by atoms with E-state index in [-0.39, 0.29) is 11.2 Å². The van der Waals surface area contributed by atoms with Crippen molar-refractivity contribution in [3.8, 4) is 0 Å². The monoisotopic (exact) mass is 338 g/mol. The molecule has 2 aromatic heterocycles. The molecular weight excluding hydrogens is 323 g/mol. The van der Waals surface area contributed by atoms with Crippen LogP contribution in [-0.4, -0.2) is 22.6 Å². The maximum absolute atomic E-state index is 14.1. The second-order valence-electron chi connectivity index (χ2n) is 4.99. The van der Waals surface area contributed by atoms with Crippen LogP contribution >= 0.6 is 11.8 Å². The number of rotatable bonds is 6. The summed E-state index contributed by atoms with van der Waals surface area (Å²) >= 11 is 1.72. The van der Waals surface area contributed by atoms with Gasteiger partial charge in [-0.1, -0.05) is 12.1 Å². The van der Waals surface area contributed by atoms with Crippen LogP contribution in [0.4, 0.5) is 4.39 Å². The van der Waals surface area contributed by atoms with E-state index in [1.54, 1.807) is 23.9 Å². The van der Waals surface area contributed by atoms with Crippen LogP contribution in [0.5, 0.6) is 0 Å². The van der Waals surface area contributed by atoms with Gasteiger partial charge in [-0.05, 0) is 24.7 Å². The summed E-state index contributed by atoms with van der Waals surface area (Å²) in [4.78, 5) is 22.9. The highest BCUT2D eigenvalue weighted by molar-refractivity contribution is 7.99. The number of thioether (sulfide) groups is 1. The molecule has 2 heterocycles. The minimum absolute atomic E-state index is 0.0820. The summed E-state index contributed by atoms with van der Waals surface area (Å²) in [5.74, 6) is 1.21. The number of para-hydroxylation sites is 1. The molecule has 8 heteroatoms. The topological polar surface area (TPSA) is 90.9 Å². The van der Waals surface area contributed by atoms with E-state index < -0.39 is 17.1 Å². The molecule has 0 aliphatic carbocycles. The third kappa shape index (κ3) is 2.91. The van der Waals surface area contributed by atoms with Crippen molar-refractivity contribution in [2.24, 2.45) is 5.73 Å². The van der Waals surface area contributed by atoms with Crippen molar-refractivity contribution in [2.75, 3.05) is 18.1 Å². The molecule has 0 aliphatic heterocycles. The molecule has 0 radical (unpaired) electrons. The Kier molecular flexibility index (Phi) is 4.53. The minimum atomic E-state index is -1.16. The van der Waals surface area contributed by atoms with Gasteiger partial charge in [-0.2, -0.15) is 11.8 Å². The molecule has 1 aromatic carbocycles. The van der Waals surface area contributed by atoms with E-state index >= 15 is 0 Å². The molecule has 0 aliphatic rings. The van der Waals surface area contributed by atoms with Gasteiger partial charge in [0.2, 0.25) is 5.71 Å². The summed E-state index contributed by atoms with van der Waals surface area (Å²) in [6.07, 6.45) is 1.38. The fraction of sp³-hybridized carbons (Fsp3) is 0.333. The molecule has 0 bridgehead atoms. The summed E-state index contributed by atoms with van der Waals surface area (Å²) < 4.78 is 25.1. The van der Waals surface area contributed by atoms with E-state index in [0.717, 1.165) is 22.5 Å². The van der Waals surface area contributed by atoms with Crippen molar-refractivity contribution in [1.29, 1.82) is 0 Å². The first-order valence-electron chi connectivity index (χ1n) is 7.17. The van der Waals surface area contributed by atoms with Crippen LogP contribution in [0.1, 0.15) is 12.0 Å². The summed E-state index contributed by atoms with van der Waals surface area (Å²) in [7, 11) is 0. The Hall–Kier alpha value is -2.06. The summed E-state index contributed by atoms with van der Waals surface area (Å²) in [6, 6.07) is 4.55. The van der Waals surface area contributed by atoms with Crippen molar-refractivity contribution < 1.29 is 13.3 Å². The smallest absolute Gasteiger partial charge is 0.397 e. The zero-order valence-corrected chi connectivity index (χ0v) is 13.0. The van der Waals surface area contributed by atoms with Crippen molar-refractivity contribution in [3.05, 3.63) is 50.4 Å². The normalized spacial score (nSPS) is 11.6. The Bertz CT molecular complexity index is 960. The number of nitrogens with two attached hydrogens (primary N) is 1. The number of nitrogens with zero attached hydrogens (tertiary/aromatic N) is 1. The lowest BCUT2D eigenvalue weighted by atomic mass is 10.1. The molecule has 3 rings (SSSR count). The second-order valence-corrected chi connectivity index (χ2v) is 6.21. The average Bonchev–Trinajstić information content (AvgIpc) is 2.82. The maximum Gasteiger partial charge on any atom is 0.442 e. The summed E-state index contributed by atoms with van der Waals surface area (Å²) in [5.41, 5.74) is 4.03. The van der Waals surface area contributed by atoms with Crippen molar-refractivity contribution >= 4 is 28.4 Å². The van der Waals surface area contributed by atoms with Crippen LogP contribution in [0.25, 0.3) is 16.6 Å². The van der Waals surface area contributed by atoms with Gasteiger partial charge in [0.15, 0.2) is 5.82 Å². The molecule has 0 fully saturated rings. The maximum atomic E-state index is 14.1. The van der Waals surface area contributed by atoms with Crippen molar-refractivity contribution in [2.45, 2.75) is 12.8 Å². The lowest BCUT2D eigenvalue weighted by Gasteiger charge is -2.00. The molecule has 3 aromatic rings. The van der Waals surface area contributed by atoms with Crippen LogP contribution in [0, 0.1) is 5.82 Å². The first-order chi connectivity index (χ1) is 11.1. The number of aryl methyl sites for hydroxylation is 1. The first-order valence-corrected chi connectivity index (χ1v) is 8.33. The highest BCUT2D eigenvalue weighted by atomic mass is 32.2. The minimum Gasteiger partial charge on any atom is -0.397 e. The fourth-order valence-electron chi connectivity index (χ4n) is 2.52. The molecule has 6 nitrogen and oxygen atoms in total. The third-order valence-corrected chi connectivity index (χ3v) is 4.57. The Morgan fingerprint density at radius 1 is 1.22 bits per heavy atom. The Morgan fingerprint density at radius 3 is 2.83 bits per heavy atom. The van der Waals surface area contributed by atoms with Gasteiger partial charge in [-0.15, -0.1) is 4.57 Å². The molecular formula is C15H15FN2O4S. The van der Waals surface area contributed by atoms with Crippen LogP contribution in [0.3, 0.4) is 0 Å². The molecule has 0 unspecified atom stereocenters. The van der Waals surface area contributed by atoms with Gasteiger partial charge in [-0.25, -0.2) is 14.0 Å².